The summed E-state index contributed by atoms with van der Waals surface area (Å²) >= 11 is 0. The van der Waals surface area contributed by atoms with E-state index in [0.717, 1.165) is 57.9 Å². The molecule has 0 spiro atoms. The van der Waals surface area contributed by atoms with Crippen molar-refractivity contribution >= 4 is 12.0 Å². The highest BCUT2D eigenvalue weighted by atomic mass is 16.4. The number of hydrogen-bond acceptors (Lipinski definition) is 4. The van der Waals surface area contributed by atoms with Gasteiger partial charge in [-0.25, -0.2) is 4.79 Å². The van der Waals surface area contributed by atoms with Gasteiger partial charge in [0.2, 0.25) is 0 Å². The fraction of sp³-hybridized carbons (Fsp3) is 0.895. The van der Waals surface area contributed by atoms with Crippen LogP contribution in [0.15, 0.2) is 0 Å². The Morgan fingerprint density at radius 2 is 1.92 bits per heavy atom. The Balaban J connectivity index is 1.50. The molecule has 7 heteroatoms. The van der Waals surface area contributed by atoms with Crippen LogP contribution in [0.3, 0.4) is 0 Å². The molecule has 0 aromatic heterocycles. The van der Waals surface area contributed by atoms with Crippen molar-refractivity contribution in [3.63, 3.8) is 0 Å². The van der Waals surface area contributed by atoms with E-state index in [1.54, 1.807) is 0 Å². The Bertz CT molecular complexity index is 509. The lowest BCUT2D eigenvalue weighted by Crippen LogP contribution is -2.59. The minimum Gasteiger partial charge on any atom is -0.480 e. The molecular formula is C19H33N3O4. The second kappa shape index (κ2) is 8.57. The van der Waals surface area contributed by atoms with Crippen LogP contribution in [0, 0.1) is 5.92 Å². The molecule has 0 radical (unpaired) electrons. The van der Waals surface area contributed by atoms with E-state index in [4.69, 9.17) is 5.11 Å². The molecule has 1 heterocycles. The molecule has 2 aliphatic carbocycles. The lowest BCUT2D eigenvalue weighted by molar-refractivity contribution is -0.139. The number of nitrogens with one attached hydrogen (secondary N) is 1. The molecule has 0 aromatic carbocycles. The van der Waals surface area contributed by atoms with Gasteiger partial charge in [0, 0.05) is 30.6 Å². The third-order valence-electron chi connectivity index (χ3n) is 6.54. The standard InChI is InChI=1S/C19H33N3O4/c1-2-21(12-18(24)25)14-10-13(11-14)20-19(26)22-9-4-3-7-16(22)15-6-5-8-17(15)23/h13-17,23H,2-12H2,1H3,(H,20,26)(H,24,25). The average molecular weight is 367 g/mol. The van der Waals surface area contributed by atoms with Crippen LogP contribution in [0.2, 0.25) is 0 Å². The van der Waals surface area contributed by atoms with E-state index in [1.165, 1.54) is 0 Å². The monoisotopic (exact) mass is 367 g/mol. The fourth-order valence-electron chi connectivity index (χ4n) is 5.01. The molecule has 2 amide bonds. The van der Waals surface area contributed by atoms with Gasteiger partial charge >= 0.3 is 12.0 Å². The predicted octanol–water partition coefficient (Wildman–Crippen LogP) is 1.65. The highest BCUT2D eigenvalue weighted by Gasteiger charge is 2.41. The number of likely N-dealkylation sites (tertiary alicyclic amines) is 1. The summed E-state index contributed by atoms with van der Waals surface area (Å²) in [5.41, 5.74) is 0. The predicted molar refractivity (Wildman–Crippen MR) is 97.9 cm³/mol. The number of likely N-dealkylation sites (N-methyl/N-ethyl adjacent to an activating group) is 1. The van der Waals surface area contributed by atoms with Crippen LogP contribution < -0.4 is 5.32 Å². The molecule has 3 atom stereocenters. The number of carboxylic acids is 1. The van der Waals surface area contributed by atoms with Gasteiger partial charge in [-0.2, -0.15) is 0 Å². The van der Waals surface area contributed by atoms with Gasteiger partial charge in [0.1, 0.15) is 0 Å². The lowest BCUT2D eigenvalue weighted by atomic mass is 9.85. The van der Waals surface area contributed by atoms with E-state index in [0.29, 0.717) is 6.54 Å². The van der Waals surface area contributed by atoms with E-state index >= 15 is 0 Å². The summed E-state index contributed by atoms with van der Waals surface area (Å²) in [6.07, 6.45) is 7.44. The molecule has 3 unspecified atom stereocenters. The van der Waals surface area contributed by atoms with Crippen molar-refractivity contribution in [1.82, 2.24) is 15.1 Å². The lowest BCUT2D eigenvalue weighted by Gasteiger charge is -2.45. The third kappa shape index (κ3) is 4.31. The van der Waals surface area contributed by atoms with Gasteiger partial charge in [0.15, 0.2) is 0 Å². The van der Waals surface area contributed by atoms with Gasteiger partial charge in [-0.15, -0.1) is 0 Å². The normalized spacial score (nSPS) is 34.6. The van der Waals surface area contributed by atoms with Crippen LogP contribution in [0.4, 0.5) is 4.79 Å². The highest BCUT2D eigenvalue weighted by molar-refractivity contribution is 5.75. The maximum Gasteiger partial charge on any atom is 0.317 e. The number of urea groups is 1. The Morgan fingerprint density at radius 3 is 2.54 bits per heavy atom. The minimum absolute atomic E-state index is 0.00136. The molecule has 3 rings (SSSR count). The number of amides is 2. The summed E-state index contributed by atoms with van der Waals surface area (Å²) in [5, 5.41) is 22.4. The van der Waals surface area contributed by atoms with Crippen molar-refractivity contribution in [3.05, 3.63) is 0 Å². The van der Waals surface area contributed by atoms with Crippen molar-refractivity contribution in [3.8, 4) is 0 Å². The molecular weight excluding hydrogens is 334 g/mol. The van der Waals surface area contributed by atoms with Gasteiger partial charge in [0.05, 0.1) is 12.6 Å². The Morgan fingerprint density at radius 1 is 1.15 bits per heavy atom. The summed E-state index contributed by atoms with van der Waals surface area (Å²) in [4.78, 5) is 27.7. The number of piperidine rings is 1. The van der Waals surface area contributed by atoms with Crippen LogP contribution in [0.25, 0.3) is 0 Å². The molecule has 3 aliphatic rings. The molecule has 1 saturated heterocycles. The largest absolute Gasteiger partial charge is 0.480 e. The minimum atomic E-state index is -0.800. The summed E-state index contributed by atoms with van der Waals surface area (Å²) in [6, 6.07) is 0.538. The molecule has 0 bridgehead atoms. The molecule has 1 aliphatic heterocycles. The number of carbonyl (C=O) groups excluding carboxylic acids is 1. The highest BCUT2D eigenvalue weighted by Crippen LogP contribution is 2.35. The molecule has 2 saturated carbocycles. The SMILES string of the molecule is CCN(CC(=O)O)C1CC(NC(=O)N2CCCCC2C2CCCC2O)C1. The van der Waals surface area contributed by atoms with Crippen LogP contribution in [0.5, 0.6) is 0 Å². The van der Waals surface area contributed by atoms with Crippen molar-refractivity contribution in [2.45, 2.75) is 82.5 Å². The first-order valence-electron chi connectivity index (χ1n) is 10.2. The van der Waals surface area contributed by atoms with Crippen molar-refractivity contribution in [2.75, 3.05) is 19.6 Å². The molecule has 7 nitrogen and oxygen atoms in total. The number of carbonyl (C=O) groups is 2. The number of aliphatic carboxylic acids is 1. The molecule has 3 fully saturated rings. The maximum atomic E-state index is 12.8. The second-order valence-corrected chi connectivity index (χ2v) is 8.15. The van der Waals surface area contributed by atoms with Gasteiger partial charge in [0.25, 0.3) is 0 Å². The zero-order valence-electron chi connectivity index (χ0n) is 15.8. The van der Waals surface area contributed by atoms with E-state index in [2.05, 4.69) is 5.32 Å². The number of hydrogen-bond donors (Lipinski definition) is 3. The summed E-state index contributed by atoms with van der Waals surface area (Å²) in [6.45, 7) is 3.52. The van der Waals surface area contributed by atoms with Gasteiger partial charge in [-0.1, -0.05) is 13.3 Å². The summed E-state index contributed by atoms with van der Waals surface area (Å²) < 4.78 is 0. The Labute approximate surface area is 155 Å². The smallest absolute Gasteiger partial charge is 0.317 e. The van der Waals surface area contributed by atoms with Crippen LogP contribution in [-0.2, 0) is 4.79 Å². The van der Waals surface area contributed by atoms with Gasteiger partial charge in [-0.3, -0.25) is 9.69 Å². The van der Waals surface area contributed by atoms with Crippen LogP contribution >= 0.6 is 0 Å². The zero-order chi connectivity index (χ0) is 18.7. The second-order valence-electron chi connectivity index (χ2n) is 8.15. The van der Waals surface area contributed by atoms with Crippen LogP contribution in [-0.4, -0.2) is 75.9 Å². The first kappa shape index (κ1) is 19.4. The number of aliphatic hydroxyl groups is 1. The van der Waals surface area contributed by atoms with E-state index < -0.39 is 5.97 Å². The number of nitrogens with zero attached hydrogens (tertiary/aromatic N) is 2. The van der Waals surface area contributed by atoms with Crippen molar-refractivity contribution < 1.29 is 19.8 Å². The van der Waals surface area contributed by atoms with Gasteiger partial charge in [-0.05, 0) is 51.5 Å². The first-order valence-corrected chi connectivity index (χ1v) is 10.2. The van der Waals surface area contributed by atoms with Crippen molar-refractivity contribution in [2.24, 2.45) is 5.92 Å². The molecule has 26 heavy (non-hydrogen) atoms. The average Bonchev–Trinajstić information content (AvgIpc) is 3.01. The Hall–Kier alpha value is -1.34. The first-order chi connectivity index (χ1) is 12.5. The van der Waals surface area contributed by atoms with Crippen molar-refractivity contribution in [1.29, 1.82) is 0 Å². The topological polar surface area (TPSA) is 93.1 Å². The number of aliphatic hydroxyl groups excluding tert-OH is 1. The molecule has 148 valence electrons. The molecule has 3 N–H and O–H groups in total. The number of rotatable bonds is 6. The van der Waals surface area contributed by atoms with Crippen LogP contribution in [0.1, 0.15) is 58.3 Å². The zero-order valence-corrected chi connectivity index (χ0v) is 15.8. The van der Waals surface area contributed by atoms with E-state index in [9.17, 15) is 14.7 Å². The third-order valence-corrected chi connectivity index (χ3v) is 6.54. The number of carboxylic acid groups (broad SMARTS) is 1. The van der Waals surface area contributed by atoms with E-state index in [1.807, 2.05) is 16.7 Å². The summed E-state index contributed by atoms with van der Waals surface area (Å²) in [7, 11) is 0. The Kier molecular flexibility index (Phi) is 6.40. The quantitative estimate of drug-likeness (QED) is 0.664. The van der Waals surface area contributed by atoms with Gasteiger partial charge < -0.3 is 20.4 Å². The molecule has 0 aromatic rings. The fourth-order valence-corrected chi connectivity index (χ4v) is 5.01. The van der Waals surface area contributed by atoms with E-state index in [-0.39, 0.29) is 42.7 Å². The maximum absolute atomic E-state index is 12.8. The summed E-state index contributed by atoms with van der Waals surface area (Å²) in [5.74, 6) is -0.577.